The fourth-order valence-electron chi connectivity index (χ4n) is 2.98. The Labute approximate surface area is 148 Å². The summed E-state index contributed by atoms with van der Waals surface area (Å²) in [5.74, 6) is 0.765. The van der Waals surface area contributed by atoms with E-state index in [-0.39, 0.29) is 0 Å². The molecular weight excluding hydrogens is 337 g/mol. The van der Waals surface area contributed by atoms with Crippen molar-refractivity contribution in [1.29, 1.82) is 0 Å². The lowest BCUT2D eigenvalue weighted by atomic mass is 10.3. The first-order valence-electron chi connectivity index (χ1n) is 8.30. The predicted molar refractivity (Wildman–Crippen MR) is 102 cm³/mol. The van der Waals surface area contributed by atoms with E-state index in [0.717, 1.165) is 30.2 Å². The minimum atomic E-state index is -3.27. The van der Waals surface area contributed by atoms with Crippen LogP contribution in [-0.4, -0.2) is 40.4 Å². The first-order valence-corrected chi connectivity index (χ1v) is 9.83. The third kappa shape index (κ3) is 3.66. The normalized spacial score (nSPS) is 21.5. The van der Waals surface area contributed by atoms with E-state index in [1.807, 2.05) is 63.9 Å². The fourth-order valence-corrected chi connectivity index (χ4v) is 5.19. The number of hydrogen-bond acceptors (Lipinski definition) is 4. The lowest BCUT2D eigenvalue weighted by Crippen LogP contribution is -2.43. The maximum absolute atomic E-state index is 14.0. The van der Waals surface area contributed by atoms with Crippen LogP contribution in [0.15, 0.2) is 54.6 Å². The van der Waals surface area contributed by atoms with E-state index in [4.69, 9.17) is 9.26 Å². The van der Waals surface area contributed by atoms with Crippen molar-refractivity contribution in [2.75, 3.05) is 49.7 Å². The summed E-state index contributed by atoms with van der Waals surface area (Å²) in [7, 11) is -0.120. The average Bonchev–Trinajstić information content (AvgIpc) is 2.66. The molecule has 0 amide bonds. The summed E-state index contributed by atoms with van der Waals surface area (Å²) < 4.78 is 28.6. The number of anilines is 2. The molecule has 0 bridgehead atoms. The number of rotatable bonds is 4. The number of nitrogens with zero attached hydrogens (tertiary/aromatic N) is 2. The Bertz CT molecular complexity index is 724. The molecule has 1 N–H and O–H groups in total. The van der Waals surface area contributed by atoms with Crippen LogP contribution in [0.3, 0.4) is 0 Å². The Morgan fingerprint density at radius 3 is 1.96 bits per heavy atom. The predicted octanol–water partition coefficient (Wildman–Crippen LogP) is 3.37. The van der Waals surface area contributed by atoms with Gasteiger partial charge in [0.2, 0.25) is 0 Å². The zero-order valence-corrected chi connectivity index (χ0v) is 15.5. The average molecular weight is 361 g/mol. The molecule has 1 heterocycles. The van der Waals surface area contributed by atoms with Crippen LogP contribution >= 0.6 is 7.67 Å². The molecule has 6 nitrogen and oxygen atoms in total. The number of ether oxygens (including phenoxy) is 1. The lowest BCUT2D eigenvalue weighted by molar-refractivity contribution is 0.383. The van der Waals surface area contributed by atoms with Gasteiger partial charge in [0.1, 0.15) is 5.75 Å². The fraction of sp³-hybridized carbons (Fsp3) is 0.333. The molecule has 0 radical (unpaired) electrons. The Hall–Kier alpha value is -2.01. The van der Waals surface area contributed by atoms with Gasteiger partial charge >= 0.3 is 7.67 Å². The van der Waals surface area contributed by atoms with Crippen molar-refractivity contribution in [1.82, 2.24) is 5.32 Å². The minimum absolute atomic E-state index is 0.584. The summed E-state index contributed by atoms with van der Waals surface area (Å²) in [6, 6.07) is 17.3. The standard InChI is InChI=1S/C18H24N3O3P/c1-23-18-10-8-17(9-11-18)21-15-13-19-12-14-20(25(21,22)24-2)16-6-4-3-5-7-16/h3-11,19H,12-15H2,1-2H3. The van der Waals surface area contributed by atoms with Crippen LogP contribution in [-0.2, 0) is 9.09 Å². The molecule has 0 aliphatic carbocycles. The first-order chi connectivity index (χ1) is 12.2. The van der Waals surface area contributed by atoms with Crippen molar-refractivity contribution >= 4 is 19.0 Å². The highest BCUT2D eigenvalue weighted by molar-refractivity contribution is 7.62. The molecule has 1 aliphatic heterocycles. The van der Waals surface area contributed by atoms with Gasteiger partial charge < -0.3 is 14.6 Å². The van der Waals surface area contributed by atoms with Crippen molar-refractivity contribution in [3.05, 3.63) is 54.6 Å². The topological polar surface area (TPSA) is 54.0 Å². The highest BCUT2D eigenvalue weighted by Crippen LogP contribution is 2.57. The van der Waals surface area contributed by atoms with Crippen LogP contribution in [0.4, 0.5) is 11.4 Å². The van der Waals surface area contributed by atoms with E-state index in [1.54, 1.807) is 7.11 Å². The molecule has 2 aromatic rings. The van der Waals surface area contributed by atoms with Crippen LogP contribution in [0.2, 0.25) is 0 Å². The van der Waals surface area contributed by atoms with E-state index in [9.17, 15) is 4.57 Å². The van der Waals surface area contributed by atoms with E-state index < -0.39 is 7.67 Å². The molecule has 1 unspecified atom stereocenters. The van der Waals surface area contributed by atoms with Crippen LogP contribution in [0.5, 0.6) is 5.75 Å². The molecule has 1 aliphatic rings. The molecule has 25 heavy (non-hydrogen) atoms. The minimum Gasteiger partial charge on any atom is -0.497 e. The SMILES string of the molecule is COc1ccc(N2CCNCCN(c3ccccc3)P2(=O)OC)cc1. The molecule has 1 fully saturated rings. The Morgan fingerprint density at radius 2 is 1.44 bits per heavy atom. The highest BCUT2D eigenvalue weighted by atomic mass is 31.2. The van der Waals surface area contributed by atoms with Crippen LogP contribution in [0, 0.1) is 0 Å². The Kier molecular flexibility index (Phi) is 5.63. The number of hydrogen-bond donors (Lipinski definition) is 1. The van der Waals surface area contributed by atoms with Gasteiger partial charge in [-0.15, -0.1) is 0 Å². The van der Waals surface area contributed by atoms with E-state index in [1.165, 1.54) is 7.11 Å². The smallest absolute Gasteiger partial charge is 0.396 e. The summed E-state index contributed by atoms with van der Waals surface area (Å²) in [6.45, 7) is 2.67. The molecule has 1 saturated heterocycles. The van der Waals surface area contributed by atoms with Gasteiger partial charge in [-0.25, -0.2) is 4.57 Å². The van der Waals surface area contributed by atoms with Crippen LogP contribution in [0.1, 0.15) is 0 Å². The van der Waals surface area contributed by atoms with Crippen LogP contribution < -0.4 is 19.4 Å². The molecule has 134 valence electrons. The van der Waals surface area contributed by atoms with E-state index in [2.05, 4.69) is 5.32 Å². The van der Waals surface area contributed by atoms with Crippen molar-refractivity contribution in [3.8, 4) is 5.75 Å². The van der Waals surface area contributed by atoms with Gasteiger partial charge in [0.05, 0.1) is 7.11 Å². The van der Waals surface area contributed by atoms with E-state index in [0.29, 0.717) is 13.1 Å². The summed E-state index contributed by atoms with van der Waals surface area (Å²) in [5, 5.41) is 3.39. The molecule has 0 spiro atoms. The maximum Gasteiger partial charge on any atom is 0.396 e. The Morgan fingerprint density at radius 1 is 0.880 bits per heavy atom. The Balaban J connectivity index is 2.03. The number of benzene rings is 2. The number of nitrogens with one attached hydrogen (secondary N) is 1. The number of para-hydroxylation sites is 1. The van der Waals surface area contributed by atoms with Gasteiger partial charge in [-0.05, 0) is 36.4 Å². The largest absolute Gasteiger partial charge is 0.497 e. The molecule has 0 saturated carbocycles. The summed E-state index contributed by atoms with van der Waals surface area (Å²) in [4.78, 5) is 0. The van der Waals surface area contributed by atoms with Gasteiger partial charge in [-0.1, -0.05) is 18.2 Å². The summed E-state index contributed by atoms with van der Waals surface area (Å²) >= 11 is 0. The third-order valence-electron chi connectivity index (χ3n) is 4.27. The monoisotopic (exact) mass is 361 g/mol. The second-order valence-electron chi connectivity index (χ2n) is 5.70. The van der Waals surface area contributed by atoms with Gasteiger partial charge in [0.25, 0.3) is 0 Å². The maximum atomic E-state index is 14.0. The van der Waals surface area contributed by atoms with Crippen molar-refractivity contribution in [3.63, 3.8) is 0 Å². The first kappa shape index (κ1) is 17.8. The van der Waals surface area contributed by atoms with Gasteiger partial charge in [-0.2, -0.15) is 0 Å². The van der Waals surface area contributed by atoms with Gasteiger partial charge in [0, 0.05) is 44.7 Å². The van der Waals surface area contributed by atoms with Gasteiger partial charge in [0.15, 0.2) is 0 Å². The number of methoxy groups -OCH3 is 1. The highest BCUT2D eigenvalue weighted by Gasteiger charge is 2.39. The van der Waals surface area contributed by atoms with Crippen LogP contribution in [0.25, 0.3) is 0 Å². The van der Waals surface area contributed by atoms with Crippen molar-refractivity contribution < 1.29 is 13.8 Å². The molecule has 7 heteroatoms. The second kappa shape index (κ2) is 7.91. The van der Waals surface area contributed by atoms with Gasteiger partial charge in [-0.3, -0.25) is 9.34 Å². The summed E-state index contributed by atoms with van der Waals surface area (Å²) in [6.07, 6.45) is 0. The van der Waals surface area contributed by atoms with Crippen molar-refractivity contribution in [2.45, 2.75) is 0 Å². The quantitative estimate of drug-likeness (QED) is 0.843. The molecule has 0 aromatic heterocycles. The molecular formula is C18H24N3O3P. The summed E-state index contributed by atoms with van der Waals surface area (Å²) in [5.41, 5.74) is 1.73. The zero-order chi connectivity index (χ0) is 17.7. The van der Waals surface area contributed by atoms with E-state index >= 15 is 0 Å². The molecule has 1 atom stereocenters. The second-order valence-corrected chi connectivity index (χ2v) is 8.01. The molecule has 2 aromatic carbocycles. The molecule has 3 rings (SSSR count). The third-order valence-corrected chi connectivity index (χ3v) is 6.83. The zero-order valence-electron chi connectivity index (χ0n) is 14.6. The van der Waals surface area contributed by atoms with Crippen molar-refractivity contribution in [2.24, 2.45) is 0 Å². The lowest BCUT2D eigenvalue weighted by Gasteiger charge is -2.41.